The second kappa shape index (κ2) is 9.36. The third-order valence-electron chi connectivity index (χ3n) is 5.94. The van der Waals surface area contributed by atoms with Crippen molar-refractivity contribution in [1.29, 1.82) is 0 Å². The van der Waals surface area contributed by atoms with Gasteiger partial charge in [0.15, 0.2) is 0 Å². The van der Waals surface area contributed by atoms with E-state index in [-0.39, 0.29) is 34.7 Å². The molecule has 36 heavy (non-hydrogen) atoms. The van der Waals surface area contributed by atoms with Gasteiger partial charge < -0.3 is 4.74 Å². The monoisotopic (exact) mass is 543 g/mol. The number of nitrogens with one attached hydrogen (secondary N) is 1. The van der Waals surface area contributed by atoms with Crippen LogP contribution in [0.2, 0.25) is 5.02 Å². The highest BCUT2D eigenvalue weighted by molar-refractivity contribution is 7.93. The van der Waals surface area contributed by atoms with E-state index in [1.165, 1.54) is 18.2 Å². The number of halogens is 1. The molecule has 1 aromatic heterocycles. The van der Waals surface area contributed by atoms with E-state index < -0.39 is 20.0 Å². The predicted octanol–water partition coefficient (Wildman–Crippen LogP) is 4.79. The van der Waals surface area contributed by atoms with E-state index in [0.29, 0.717) is 5.69 Å². The molecule has 0 unspecified atom stereocenters. The molecular weight excluding hydrogens is 522 g/mol. The van der Waals surface area contributed by atoms with E-state index in [9.17, 15) is 16.8 Å². The van der Waals surface area contributed by atoms with Gasteiger partial charge in [-0.1, -0.05) is 41.9 Å². The van der Waals surface area contributed by atoms with E-state index >= 15 is 0 Å². The smallest absolute Gasteiger partial charge is 0.263 e. The number of hydrogen-bond acceptors (Lipinski definition) is 6. The van der Waals surface area contributed by atoms with Gasteiger partial charge in [-0.2, -0.15) is 0 Å². The van der Waals surface area contributed by atoms with Crippen molar-refractivity contribution in [1.82, 2.24) is 4.98 Å². The summed E-state index contributed by atoms with van der Waals surface area (Å²) in [6, 6.07) is 19.0. The first-order valence-electron chi connectivity index (χ1n) is 11.0. The highest BCUT2D eigenvalue weighted by atomic mass is 35.5. The van der Waals surface area contributed by atoms with Gasteiger partial charge in [-0.25, -0.2) is 21.1 Å². The van der Waals surface area contributed by atoms with Crippen molar-refractivity contribution in [3.05, 3.63) is 83.5 Å². The molecule has 3 aromatic carbocycles. The molecular formula is C25H22ClN3O5S2. The van der Waals surface area contributed by atoms with Crippen LogP contribution in [-0.2, 0) is 24.8 Å². The minimum absolute atomic E-state index is 0.107. The van der Waals surface area contributed by atoms with E-state index in [4.69, 9.17) is 16.3 Å². The van der Waals surface area contributed by atoms with Crippen molar-refractivity contribution in [2.24, 2.45) is 0 Å². The largest absolute Gasteiger partial charge is 0.359 e. The molecule has 1 aliphatic rings. The summed E-state index contributed by atoms with van der Waals surface area (Å²) >= 11 is 6.32. The summed E-state index contributed by atoms with van der Waals surface area (Å²) in [6.45, 7) is 1.89. The number of rotatable bonds is 5. The molecule has 186 valence electrons. The van der Waals surface area contributed by atoms with Crippen molar-refractivity contribution in [3.8, 4) is 11.3 Å². The van der Waals surface area contributed by atoms with Crippen LogP contribution in [0.3, 0.4) is 0 Å². The first-order chi connectivity index (χ1) is 17.2. The van der Waals surface area contributed by atoms with E-state index in [1.54, 1.807) is 18.3 Å². The van der Waals surface area contributed by atoms with Crippen LogP contribution in [0.5, 0.6) is 0 Å². The van der Waals surface area contributed by atoms with Crippen LogP contribution in [0.4, 0.5) is 11.4 Å². The van der Waals surface area contributed by atoms with Gasteiger partial charge in [0, 0.05) is 22.8 Å². The zero-order valence-corrected chi connectivity index (χ0v) is 21.6. The molecule has 4 aromatic rings. The number of fused-ring (bicyclic) bond motifs is 1. The second-order valence-corrected chi connectivity index (χ2v) is 12.4. The van der Waals surface area contributed by atoms with Gasteiger partial charge in [0.2, 0.25) is 10.0 Å². The van der Waals surface area contributed by atoms with Crippen LogP contribution in [0.15, 0.2) is 77.8 Å². The summed E-state index contributed by atoms with van der Waals surface area (Å²) in [5.74, 6) is -0.159. The van der Waals surface area contributed by atoms with Gasteiger partial charge in [-0.15, -0.1) is 0 Å². The van der Waals surface area contributed by atoms with Crippen molar-refractivity contribution in [2.75, 3.05) is 28.1 Å². The Bertz CT molecular complexity index is 1690. The summed E-state index contributed by atoms with van der Waals surface area (Å²) in [5, 5.41) is 1.88. The van der Waals surface area contributed by atoms with Crippen molar-refractivity contribution in [3.63, 3.8) is 0 Å². The maximum absolute atomic E-state index is 13.2. The Morgan fingerprint density at radius 2 is 1.86 bits per heavy atom. The molecule has 0 bridgehead atoms. The number of sulfonamides is 2. The average molecular weight is 544 g/mol. The number of hydrogen-bond donors (Lipinski definition) is 1. The molecule has 0 saturated carbocycles. The summed E-state index contributed by atoms with van der Waals surface area (Å²) in [5.41, 5.74) is 3.06. The van der Waals surface area contributed by atoms with Crippen LogP contribution in [0.25, 0.3) is 22.0 Å². The molecule has 1 aliphatic heterocycles. The predicted molar refractivity (Wildman–Crippen MR) is 141 cm³/mol. The minimum Gasteiger partial charge on any atom is -0.359 e. The van der Waals surface area contributed by atoms with Gasteiger partial charge in [0.05, 0.1) is 28.8 Å². The number of aromatic nitrogens is 1. The summed E-state index contributed by atoms with van der Waals surface area (Å²) in [6.07, 6.45) is 1.73. The SMILES string of the molecule is Cc1ccc(NS(=O)(=O)c2ccc(N3COCCS3(=O)=O)cc2Cl)cc1-c1nccc2ccccc12. The number of ether oxygens (including phenoxy) is 1. The van der Waals surface area contributed by atoms with Crippen LogP contribution < -0.4 is 9.03 Å². The zero-order valence-electron chi connectivity index (χ0n) is 19.2. The first-order valence-corrected chi connectivity index (χ1v) is 14.5. The molecule has 8 nitrogen and oxygen atoms in total. The quantitative estimate of drug-likeness (QED) is 0.388. The Kier molecular flexibility index (Phi) is 6.37. The lowest BCUT2D eigenvalue weighted by Crippen LogP contribution is -2.41. The van der Waals surface area contributed by atoms with Crippen molar-refractivity contribution < 1.29 is 21.6 Å². The van der Waals surface area contributed by atoms with Gasteiger partial charge in [-0.05, 0) is 54.3 Å². The summed E-state index contributed by atoms with van der Waals surface area (Å²) < 4.78 is 60.0. The van der Waals surface area contributed by atoms with Gasteiger partial charge in [0.1, 0.15) is 11.6 Å². The lowest BCUT2D eigenvalue weighted by atomic mass is 10.00. The third-order valence-corrected chi connectivity index (χ3v) is 9.48. The Hall–Kier alpha value is -3.18. The van der Waals surface area contributed by atoms with Crippen LogP contribution in [-0.4, -0.2) is 40.9 Å². The minimum atomic E-state index is -4.08. The lowest BCUT2D eigenvalue weighted by Gasteiger charge is -2.28. The molecule has 2 heterocycles. The molecule has 0 amide bonds. The molecule has 5 rings (SSSR count). The number of pyridine rings is 1. The highest BCUT2D eigenvalue weighted by Crippen LogP contribution is 2.33. The van der Waals surface area contributed by atoms with Crippen molar-refractivity contribution in [2.45, 2.75) is 11.8 Å². The fourth-order valence-corrected chi connectivity index (χ4v) is 6.89. The zero-order chi connectivity index (χ0) is 25.5. The fourth-order valence-electron chi connectivity index (χ4n) is 4.09. The molecule has 0 aliphatic carbocycles. The van der Waals surface area contributed by atoms with Gasteiger partial charge in [-0.3, -0.25) is 9.71 Å². The van der Waals surface area contributed by atoms with Crippen LogP contribution in [0.1, 0.15) is 5.56 Å². The Morgan fingerprint density at radius 3 is 2.64 bits per heavy atom. The molecule has 1 fully saturated rings. The van der Waals surface area contributed by atoms with E-state index in [1.807, 2.05) is 43.3 Å². The van der Waals surface area contributed by atoms with E-state index in [2.05, 4.69) is 9.71 Å². The molecule has 0 atom stereocenters. The first kappa shape index (κ1) is 24.5. The van der Waals surface area contributed by atoms with Crippen molar-refractivity contribution >= 4 is 53.8 Å². The van der Waals surface area contributed by atoms with Crippen LogP contribution in [0, 0.1) is 6.92 Å². The summed E-state index contributed by atoms with van der Waals surface area (Å²) in [4.78, 5) is 4.38. The number of aryl methyl sites for hydroxylation is 1. The number of nitrogens with zero attached hydrogens (tertiary/aromatic N) is 2. The van der Waals surface area contributed by atoms with Crippen LogP contribution >= 0.6 is 11.6 Å². The molecule has 11 heteroatoms. The lowest BCUT2D eigenvalue weighted by molar-refractivity contribution is 0.149. The maximum Gasteiger partial charge on any atom is 0.263 e. The molecule has 1 saturated heterocycles. The topological polar surface area (TPSA) is 106 Å². The van der Waals surface area contributed by atoms with E-state index in [0.717, 1.165) is 31.9 Å². The molecule has 0 radical (unpaired) electrons. The summed E-state index contributed by atoms with van der Waals surface area (Å²) in [7, 11) is -7.64. The van der Waals surface area contributed by atoms with Gasteiger partial charge >= 0.3 is 0 Å². The van der Waals surface area contributed by atoms with Gasteiger partial charge in [0.25, 0.3) is 10.0 Å². The number of benzene rings is 3. The maximum atomic E-state index is 13.2. The Morgan fingerprint density at radius 1 is 1.06 bits per heavy atom. The Labute approximate surface area is 214 Å². The second-order valence-electron chi connectivity index (χ2n) is 8.33. The third kappa shape index (κ3) is 4.64. The molecule has 1 N–H and O–H groups in total. The standard InChI is InChI=1S/C25H22ClN3O5S2/c1-17-6-7-19(14-22(17)25-21-5-3-2-4-18(21)10-11-27-25)28-36(32,33)24-9-8-20(15-23(24)26)29-16-34-12-13-35(29,30)31/h2-11,14-15,28H,12-13,16H2,1H3. The number of anilines is 2. The fraction of sp³-hybridized carbons (Fsp3) is 0.160. The Balaban J connectivity index is 1.48. The average Bonchev–Trinajstić information content (AvgIpc) is 2.84. The molecule has 0 spiro atoms. The normalized spacial score (nSPS) is 15.7. The highest BCUT2D eigenvalue weighted by Gasteiger charge is 2.28.